The lowest BCUT2D eigenvalue weighted by Gasteiger charge is -2.30. The number of nitrogens with one attached hydrogen (secondary N) is 2. The Morgan fingerprint density at radius 2 is 1.83 bits per heavy atom. The van der Waals surface area contributed by atoms with Crippen molar-refractivity contribution in [3.05, 3.63) is 54.0 Å². The minimum Gasteiger partial charge on any atom is -0.378 e. The maximum atomic E-state index is 13.3. The van der Waals surface area contributed by atoms with Gasteiger partial charge in [0.15, 0.2) is 5.11 Å². The highest BCUT2D eigenvalue weighted by Crippen LogP contribution is 2.40. The minimum atomic E-state index is -0.194. The highest BCUT2D eigenvalue weighted by atomic mass is 32.1. The van der Waals surface area contributed by atoms with E-state index >= 15 is 0 Å². The third kappa shape index (κ3) is 4.85. The number of morpholine rings is 1. The van der Waals surface area contributed by atoms with Gasteiger partial charge in [0, 0.05) is 25.0 Å². The van der Waals surface area contributed by atoms with Gasteiger partial charge in [-0.25, -0.2) is 9.37 Å². The molecular formula is C22H27FN4OS. The average molecular weight is 415 g/mol. The van der Waals surface area contributed by atoms with Crippen LogP contribution >= 0.6 is 12.2 Å². The third-order valence-electron chi connectivity index (χ3n) is 5.95. The van der Waals surface area contributed by atoms with Crippen LogP contribution in [0, 0.1) is 5.82 Å². The summed E-state index contributed by atoms with van der Waals surface area (Å²) in [7, 11) is 0. The van der Waals surface area contributed by atoms with Gasteiger partial charge < -0.3 is 20.3 Å². The van der Waals surface area contributed by atoms with E-state index in [2.05, 4.69) is 20.5 Å². The molecule has 0 atom stereocenters. The van der Waals surface area contributed by atoms with E-state index in [-0.39, 0.29) is 11.2 Å². The first kappa shape index (κ1) is 20.0. The predicted octanol–water partition coefficient (Wildman–Crippen LogP) is 3.86. The molecule has 7 heteroatoms. The molecule has 2 N–H and O–H groups in total. The van der Waals surface area contributed by atoms with Crippen molar-refractivity contribution < 1.29 is 9.13 Å². The second kappa shape index (κ2) is 9.05. The van der Waals surface area contributed by atoms with Gasteiger partial charge in [-0.3, -0.25) is 0 Å². The van der Waals surface area contributed by atoms with Crippen LogP contribution in [0.4, 0.5) is 15.9 Å². The summed E-state index contributed by atoms with van der Waals surface area (Å²) >= 11 is 5.51. The van der Waals surface area contributed by atoms with Crippen LogP contribution in [0.3, 0.4) is 0 Å². The second-order valence-corrected chi connectivity index (χ2v) is 8.21. The number of pyridine rings is 1. The molecule has 2 heterocycles. The van der Waals surface area contributed by atoms with E-state index in [9.17, 15) is 4.39 Å². The van der Waals surface area contributed by atoms with Gasteiger partial charge in [-0.05, 0) is 54.9 Å². The van der Waals surface area contributed by atoms with E-state index in [0.29, 0.717) is 5.11 Å². The molecule has 29 heavy (non-hydrogen) atoms. The van der Waals surface area contributed by atoms with Crippen molar-refractivity contribution in [3.63, 3.8) is 0 Å². The maximum Gasteiger partial charge on any atom is 0.170 e. The Balaban J connectivity index is 1.34. The molecule has 0 spiro atoms. The summed E-state index contributed by atoms with van der Waals surface area (Å²) in [6.45, 7) is 3.96. The van der Waals surface area contributed by atoms with Crippen LogP contribution in [0.5, 0.6) is 0 Å². The summed E-state index contributed by atoms with van der Waals surface area (Å²) in [4.78, 5) is 6.77. The van der Waals surface area contributed by atoms with Crippen LogP contribution in [-0.2, 0) is 10.2 Å². The van der Waals surface area contributed by atoms with Gasteiger partial charge in [0.2, 0.25) is 0 Å². The van der Waals surface area contributed by atoms with Gasteiger partial charge >= 0.3 is 0 Å². The zero-order valence-electron chi connectivity index (χ0n) is 16.5. The predicted molar refractivity (Wildman–Crippen MR) is 118 cm³/mol. The first-order valence-corrected chi connectivity index (χ1v) is 10.7. The summed E-state index contributed by atoms with van der Waals surface area (Å²) in [6.07, 6.45) is 6.36. The zero-order valence-corrected chi connectivity index (χ0v) is 17.3. The first-order valence-electron chi connectivity index (χ1n) is 10.2. The van der Waals surface area contributed by atoms with Gasteiger partial charge in [0.1, 0.15) is 11.6 Å². The molecule has 0 amide bonds. The molecule has 1 saturated heterocycles. The quantitative estimate of drug-likeness (QED) is 0.725. The number of rotatable bonds is 5. The maximum absolute atomic E-state index is 13.3. The molecule has 2 aromatic rings. The molecule has 0 radical (unpaired) electrons. The normalized spacial score (nSPS) is 18.4. The standard InChI is InChI=1S/C22H27FN4OS/c23-18-5-3-17(4-6-18)22(9-1-2-10-22)16-25-21(29)26-19-7-8-20(24-15-19)27-11-13-28-14-12-27/h3-8,15H,1-2,9-14,16H2,(H2,25,26,29). The number of halogens is 1. The van der Waals surface area contributed by atoms with E-state index in [1.165, 1.54) is 18.4 Å². The molecule has 5 nitrogen and oxygen atoms in total. The van der Waals surface area contributed by atoms with Crippen LogP contribution in [-0.4, -0.2) is 42.9 Å². The number of hydrogen-bond acceptors (Lipinski definition) is 4. The monoisotopic (exact) mass is 414 g/mol. The largest absolute Gasteiger partial charge is 0.378 e. The molecule has 0 unspecified atom stereocenters. The fraction of sp³-hybridized carbons (Fsp3) is 0.455. The van der Waals surface area contributed by atoms with Gasteiger partial charge in [-0.1, -0.05) is 25.0 Å². The zero-order chi connectivity index (χ0) is 20.1. The van der Waals surface area contributed by atoms with Crippen molar-refractivity contribution in [1.82, 2.24) is 10.3 Å². The number of thiocarbonyl (C=S) groups is 1. The topological polar surface area (TPSA) is 49.4 Å². The molecular weight excluding hydrogens is 387 g/mol. The molecule has 1 aromatic carbocycles. The van der Waals surface area contributed by atoms with Crippen molar-refractivity contribution in [1.29, 1.82) is 0 Å². The molecule has 0 bridgehead atoms. The van der Waals surface area contributed by atoms with Crippen molar-refractivity contribution in [2.75, 3.05) is 43.1 Å². The number of hydrogen-bond donors (Lipinski definition) is 2. The summed E-state index contributed by atoms with van der Waals surface area (Å²) in [5.74, 6) is 0.763. The first-order chi connectivity index (χ1) is 14.1. The Hall–Kier alpha value is -2.25. The highest BCUT2D eigenvalue weighted by molar-refractivity contribution is 7.80. The Kier molecular flexibility index (Phi) is 6.25. The number of anilines is 2. The Labute approximate surface area is 176 Å². The number of ether oxygens (including phenoxy) is 1. The lowest BCUT2D eigenvalue weighted by molar-refractivity contribution is 0.122. The number of benzene rings is 1. The van der Waals surface area contributed by atoms with Crippen LogP contribution in [0.2, 0.25) is 0 Å². The van der Waals surface area contributed by atoms with Crippen LogP contribution < -0.4 is 15.5 Å². The molecule has 2 fully saturated rings. The fourth-order valence-corrected chi connectivity index (χ4v) is 4.48. The van der Waals surface area contributed by atoms with Crippen LogP contribution in [0.15, 0.2) is 42.6 Å². The van der Waals surface area contributed by atoms with Gasteiger partial charge in [-0.15, -0.1) is 0 Å². The lowest BCUT2D eigenvalue weighted by Crippen LogP contribution is -2.40. The third-order valence-corrected chi connectivity index (χ3v) is 6.19. The van der Waals surface area contributed by atoms with E-state index in [1.807, 2.05) is 30.5 Å². The van der Waals surface area contributed by atoms with E-state index in [4.69, 9.17) is 17.0 Å². The fourth-order valence-electron chi connectivity index (χ4n) is 4.29. The molecule has 154 valence electrons. The number of nitrogens with zero attached hydrogens (tertiary/aromatic N) is 2. The minimum absolute atomic E-state index is 0.0118. The van der Waals surface area contributed by atoms with E-state index < -0.39 is 0 Å². The second-order valence-electron chi connectivity index (χ2n) is 7.81. The molecule has 4 rings (SSSR count). The molecule has 2 aliphatic rings. The molecule has 1 saturated carbocycles. The Morgan fingerprint density at radius 1 is 1.10 bits per heavy atom. The molecule has 1 aliphatic carbocycles. The van der Waals surface area contributed by atoms with Crippen molar-refractivity contribution >= 4 is 28.8 Å². The lowest BCUT2D eigenvalue weighted by atomic mass is 9.79. The molecule has 1 aromatic heterocycles. The summed E-state index contributed by atoms with van der Waals surface area (Å²) < 4.78 is 18.7. The average Bonchev–Trinajstić information content (AvgIpc) is 3.24. The Morgan fingerprint density at radius 3 is 2.48 bits per heavy atom. The van der Waals surface area contributed by atoms with E-state index in [1.54, 1.807) is 12.1 Å². The van der Waals surface area contributed by atoms with Crippen LogP contribution in [0.25, 0.3) is 0 Å². The smallest absolute Gasteiger partial charge is 0.170 e. The molecule has 1 aliphatic heterocycles. The van der Waals surface area contributed by atoms with Crippen LogP contribution in [0.1, 0.15) is 31.2 Å². The van der Waals surface area contributed by atoms with Crippen molar-refractivity contribution in [3.8, 4) is 0 Å². The van der Waals surface area contributed by atoms with Gasteiger partial charge in [0.25, 0.3) is 0 Å². The summed E-state index contributed by atoms with van der Waals surface area (Å²) in [6, 6.07) is 10.9. The number of aromatic nitrogens is 1. The van der Waals surface area contributed by atoms with E-state index in [0.717, 1.165) is 57.2 Å². The Bertz CT molecular complexity index is 816. The van der Waals surface area contributed by atoms with Crippen molar-refractivity contribution in [2.45, 2.75) is 31.1 Å². The summed E-state index contributed by atoms with van der Waals surface area (Å²) in [5, 5.41) is 7.19. The highest BCUT2D eigenvalue weighted by Gasteiger charge is 2.35. The van der Waals surface area contributed by atoms with Crippen molar-refractivity contribution in [2.24, 2.45) is 0 Å². The summed E-state index contributed by atoms with van der Waals surface area (Å²) in [5.41, 5.74) is 2.06. The SMILES string of the molecule is Fc1ccc(C2(CNC(=S)Nc3ccc(N4CCOCC4)nc3)CCCC2)cc1. The van der Waals surface area contributed by atoms with Gasteiger partial charge in [0.05, 0.1) is 25.1 Å². The van der Waals surface area contributed by atoms with Gasteiger partial charge in [-0.2, -0.15) is 0 Å².